The maximum atomic E-state index is 15.0. The van der Waals surface area contributed by atoms with Crippen molar-refractivity contribution in [3.05, 3.63) is 52.6 Å². The van der Waals surface area contributed by atoms with Gasteiger partial charge in [-0.05, 0) is 42.9 Å². The fourth-order valence-corrected chi connectivity index (χ4v) is 5.21. The van der Waals surface area contributed by atoms with E-state index in [2.05, 4.69) is 14.7 Å². The third-order valence-corrected chi connectivity index (χ3v) is 6.86. The van der Waals surface area contributed by atoms with E-state index in [0.717, 1.165) is 18.3 Å². The number of aryl methyl sites for hydroxylation is 1. The summed E-state index contributed by atoms with van der Waals surface area (Å²) in [7, 11) is 0. The average Bonchev–Trinajstić information content (AvgIpc) is 3.14. The number of nitrogens with zero attached hydrogens (tertiary/aromatic N) is 2. The van der Waals surface area contributed by atoms with Crippen LogP contribution in [0.1, 0.15) is 52.4 Å². The summed E-state index contributed by atoms with van der Waals surface area (Å²) in [6, 6.07) is 3.11. The van der Waals surface area contributed by atoms with Crippen LogP contribution in [0.15, 0.2) is 24.4 Å². The van der Waals surface area contributed by atoms with Crippen LogP contribution in [0, 0.1) is 5.82 Å². The van der Waals surface area contributed by atoms with Gasteiger partial charge in [-0.1, -0.05) is 0 Å². The topological polar surface area (TPSA) is 84.2 Å². The Bertz CT molecular complexity index is 1330. The summed E-state index contributed by atoms with van der Waals surface area (Å²) in [5.41, 5.74) is 7.43. The molecular weight excluding hydrogens is 490 g/mol. The van der Waals surface area contributed by atoms with E-state index in [1.54, 1.807) is 0 Å². The Morgan fingerprint density at radius 2 is 1.94 bits per heavy atom. The van der Waals surface area contributed by atoms with E-state index in [1.807, 2.05) is 0 Å². The molecule has 0 spiro atoms. The number of rotatable bonds is 3. The number of aromatic nitrogens is 2. The van der Waals surface area contributed by atoms with Crippen molar-refractivity contribution >= 4 is 22.6 Å². The number of carbonyl (C=O) groups excluding carboxylic acids is 1. The van der Waals surface area contributed by atoms with Crippen LogP contribution in [0.4, 0.5) is 32.0 Å². The number of anilines is 1. The first-order valence-electron chi connectivity index (χ1n) is 11.4. The van der Waals surface area contributed by atoms with E-state index in [4.69, 9.17) is 5.73 Å². The first-order valence-corrected chi connectivity index (χ1v) is 11.4. The van der Waals surface area contributed by atoms with E-state index < -0.39 is 36.2 Å². The van der Waals surface area contributed by atoms with Crippen molar-refractivity contribution in [3.63, 3.8) is 0 Å². The number of alkyl halides is 5. The molecule has 1 aliphatic carbocycles. The number of nitrogens with one attached hydrogen (secondary N) is 1. The Morgan fingerprint density at radius 1 is 1.22 bits per heavy atom. The predicted molar refractivity (Wildman–Crippen MR) is 118 cm³/mol. The maximum Gasteiger partial charge on any atom is 0.573 e. The number of nitrogens with two attached hydrogens (primary N) is 1. The van der Waals surface area contributed by atoms with Crippen LogP contribution in [0.2, 0.25) is 0 Å². The number of aromatic amines is 1. The maximum absolute atomic E-state index is 15.0. The number of nitrogen functional groups attached to an aromatic ring is 1. The molecule has 36 heavy (non-hydrogen) atoms. The van der Waals surface area contributed by atoms with Gasteiger partial charge in [-0.15, -0.1) is 13.2 Å². The second kappa shape index (κ2) is 8.59. The molecule has 5 rings (SSSR count). The van der Waals surface area contributed by atoms with Crippen LogP contribution in [0.3, 0.4) is 0 Å². The summed E-state index contributed by atoms with van der Waals surface area (Å²) in [6.07, 6.45) is -3.67. The molecule has 0 unspecified atom stereocenters. The lowest BCUT2D eigenvalue weighted by Crippen LogP contribution is -2.38. The van der Waals surface area contributed by atoms with Crippen molar-refractivity contribution < 1.29 is 35.9 Å². The highest BCUT2D eigenvalue weighted by Crippen LogP contribution is 2.42. The van der Waals surface area contributed by atoms with Crippen molar-refractivity contribution in [2.45, 2.75) is 50.3 Å². The number of halogens is 6. The molecule has 12 heteroatoms. The van der Waals surface area contributed by atoms with E-state index in [1.165, 1.54) is 11.0 Å². The zero-order valence-corrected chi connectivity index (χ0v) is 18.9. The quantitative estimate of drug-likeness (QED) is 0.367. The smallest absolute Gasteiger partial charge is 0.406 e. The minimum atomic E-state index is -4.89. The van der Waals surface area contributed by atoms with Gasteiger partial charge < -0.3 is 20.4 Å². The number of hydrogen-bond acceptors (Lipinski definition) is 4. The number of H-pyrrole nitrogens is 1. The monoisotopic (exact) mass is 512 g/mol. The van der Waals surface area contributed by atoms with Gasteiger partial charge >= 0.3 is 6.36 Å². The second-order valence-corrected chi connectivity index (χ2v) is 9.22. The minimum absolute atomic E-state index is 0.0300. The van der Waals surface area contributed by atoms with Crippen LogP contribution < -0.4 is 10.5 Å². The Morgan fingerprint density at radius 3 is 2.61 bits per heavy atom. The number of benzene rings is 1. The average molecular weight is 512 g/mol. The lowest BCUT2D eigenvalue weighted by molar-refractivity contribution is -0.274. The molecule has 1 fully saturated rings. The molecular formula is C24H22F6N4O2. The van der Waals surface area contributed by atoms with Crippen molar-refractivity contribution in [3.8, 4) is 5.75 Å². The Kier molecular flexibility index (Phi) is 5.79. The van der Waals surface area contributed by atoms with E-state index in [9.17, 15) is 26.7 Å². The van der Waals surface area contributed by atoms with Gasteiger partial charge in [-0.25, -0.2) is 18.2 Å². The number of pyridine rings is 1. The fraction of sp³-hybridized carbons (Fsp3) is 0.417. The highest BCUT2D eigenvalue weighted by molar-refractivity contribution is 5.99. The van der Waals surface area contributed by atoms with Crippen LogP contribution in [-0.2, 0) is 12.8 Å². The summed E-state index contributed by atoms with van der Waals surface area (Å²) < 4.78 is 84.4. The van der Waals surface area contributed by atoms with Crippen LogP contribution in [0.25, 0.3) is 11.0 Å². The lowest BCUT2D eigenvalue weighted by Gasteiger charge is -2.33. The highest BCUT2D eigenvalue weighted by Gasteiger charge is 2.38. The molecule has 2 aliphatic rings. The molecule has 0 saturated carbocycles. The summed E-state index contributed by atoms with van der Waals surface area (Å²) in [5.74, 6) is -4.78. The number of fused-ring (bicyclic) bond motifs is 3. The molecule has 2 aromatic heterocycles. The fourth-order valence-electron chi connectivity index (χ4n) is 5.21. The van der Waals surface area contributed by atoms with Gasteiger partial charge in [0.1, 0.15) is 17.2 Å². The van der Waals surface area contributed by atoms with Gasteiger partial charge in [0.15, 0.2) is 0 Å². The molecule has 3 aromatic rings. The zero-order chi connectivity index (χ0) is 25.8. The second-order valence-electron chi connectivity index (χ2n) is 9.22. The zero-order valence-electron chi connectivity index (χ0n) is 18.9. The SMILES string of the molecule is Nc1cc(OC(F)(F)F)ccc1C(=O)N1CCC(c2c(F)cnc3[nH]c4c(c23)CC(F)(F)CC4)CC1. The molecule has 0 atom stereocenters. The summed E-state index contributed by atoms with van der Waals surface area (Å²) in [5, 5.41) is 0.402. The van der Waals surface area contributed by atoms with Gasteiger partial charge in [0.05, 0.1) is 11.8 Å². The number of piperidine rings is 1. The molecule has 1 aliphatic heterocycles. The molecule has 3 heterocycles. The number of carbonyl (C=O) groups is 1. The molecule has 6 nitrogen and oxygen atoms in total. The van der Waals surface area contributed by atoms with Gasteiger partial charge in [0.25, 0.3) is 11.8 Å². The van der Waals surface area contributed by atoms with Crippen LogP contribution >= 0.6 is 0 Å². The van der Waals surface area contributed by atoms with Crippen molar-refractivity contribution in [1.29, 1.82) is 0 Å². The summed E-state index contributed by atoms with van der Waals surface area (Å²) in [4.78, 5) is 21.6. The molecule has 1 amide bonds. The van der Waals surface area contributed by atoms with Gasteiger partial charge in [-0.2, -0.15) is 0 Å². The van der Waals surface area contributed by atoms with Gasteiger partial charge in [0, 0.05) is 54.3 Å². The first-order chi connectivity index (χ1) is 16.9. The number of ether oxygens (including phenoxy) is 1. The third-order valence-electron chi connectivity index (χ3n) is 6.86. The minimum Gasteiger partial charge on any atom is -0.406 e. The molecule has 0 bridgehead atoms. The van der Waals surface area contributed by atoms with Crippen LogP contribution in [-0.4, -0.2) is 46.1 Å². The normalized spacial score (nSPS) is 18.3. The first kappa shape index (κ1) is 24.3. The molecule has 1 aromatic carbocycles. The number of hydrogen-bond donors (Lipinski definition) is 2. The van der Waals surface area contributed by atoms with Crippen molar-refractivity contribution in [2.75, 3.05) is 18.8 Å². The Balaban J connectivity index is 1.36. The number of amides is 1. The standard InChI is InChI=1S/C24H22F6N4O2/c25-16-11-32-21-20(15-10-23(26,27)6-3-18(15)33-21)19(16)12-4-7-34(8-5-12)22(35)14-2-1-13(9-17(14)31)36-24(28,29)30/h1-2,9,11-12H,3-8,10,31H2,(H,32,33). The molecule has 3 N–H and O–H groups in total. The predicted octanol–water partition coefficient (Wildman–Crippen LogP) is 5.33. The molecule has 0 radical (unpaired) electrons. The van der Waals surface area contributed by atoms with E-state index in [0.29, 0.717) is 40.7 Å². The number of likely N-dealkylation sites (tertiary alicyclic amines) is 1. The van der Waals surface area contributed by atoms with E-state index >= 15 is 4.39 Å². The lowest BCUT2D eigenvalue weighted by atomic mass is 9.84. The molecule has 1 saturated heterocycles. The van der Waals surface area contributed by atoms with Gasteiger partial charge in [-0.3, -0.25) is 4.79 Å². The largest absolute Gasteiger partial charge is 0.573 e. The van der Waals surface area contributed by atoms with Gasteiger partial charge in [0.2, 0.25) is 0 Å². The van der Waals surface area contributed by atoms with E-state index in [-0.39, 0.29) is 43.1 Å². The Labute approximate surface area is 201 Å². The third kappa shape index (κ3) is 4.56. The van der Waals surface area contributed by atoms with Crippen LogP contribution in [0.5, 0.6) is 5.75 Å². The summed E-state index contributed by atoms with van der Waals surface area (Å²) in [6.45, 7) is 0.464. The van der Waals surface area contributed by atoms with Crippen molar-refractivity contribution in [2.24, 2.45) is 0 Å². The Hall–Kier alpha value is -3.44. The highest BCUT2D eigenvalue weighted by atomic mass is 19.4. The summed E-state index contributed by atoms with van der Waals surface area (Å²) >= 11 is 0. The van der Waals surface area contributed by atoms with Crippen molar-refractivity contribution in [1.82, 2.24) is 14.9 Å². The molecule has 192 valence electrons.